The van der Waals surface area contributed by atoms with Gasteiger partial charge in [-0.25, -0.2) is 4.79 Å². The molecule has 0 radical (unpaired) electrons. The normalized spacial score (nSPS) is 10.1. The number of H-pyrrole nitrogens is 2. The lowest BCUT2D eigenvalue weighted by molar-refractivity contribution is 1.10. The summed E-state index contributed by atoms with van der Waals surface area (Å²) in [5.41, 5.74) is 1.63. The van der Waals surface area contributed by atoms with E-state index in [4.69, 9.17) is 17.5 Å². The molecule has 0 fully saturated rings. The highest BCUT2D eigenvalue weighted by Crippen LogP contribution is 2.17. The van der Waals surface area contributed by atoms with Crippen LogP contribution in [0.1, 0.15) is 11.1 Å². The van der Waals surface area contributed by atoms with Crippen molar-refractivity contribution in [1.29, 1.82) is 5.26 Å². The second-order valence-corrected chi connectivity index (χ2v) is 3.66. The zero-order valence-electron chi connectivity index (χ0n) is 7.92. The van der Waals surface area contributed by atoms with Crippen molar-refractivity contribution in [3.63, 3.8) is 0 Å². The number of hydrogen-bond acceptors (Lipinski definition) is 3. The molecule has 0 amide bonds. The zero-order valence-corrected chi connectivity index (χ0v) is 8.73. The number of aromatic amines is 2. The Bertz CT molecular complexity index is 690. The maximum absolute atomic E-state index is 11.2. The van der Waals surface area contributed by atoms with Gasteiger partial charge >= 0.3 is 5.69 Å². The van der Waals surface area contributed by atoms with Gasteiger partial charge in [0.05, 0.1) is 22.5 Å². The molecule has 2 aromatic rings. The van der Waals surface area contributed by atoms with Crippen molar-refractivity contribution in [2.45, 2.75) is 6.92 Å². The summed E-state index contributed by atoms with van der Waals surface area (Å²) in [5.74, 6) is 0. The van der Waals surface area contributed by atoms with Crippen molar-refractivity contribution in [1.82, 2.24) is 9.97 Å². The Balaban J connectivity index is 3.12. The van der Waals surface area contributed by atoms with Crippen LogP contribution >= 0.6 is 12.2 Å². The number of benzene rings is 1. The second kappa shape index (κ2) is 3.33. The summed E-state index contributed by atoms with van der Waals surface area (Å²) >= 11 is 5.01. The lowest BCUT2D eigenvalue weighted by Gasteiger charge is -2.01. The highest BCUT2D eigenvalue weighted by Gasteiger charge is 2.04. The number of nitrogens with zero attached hydrogens (tertiary/aromatic N) is 1. The van der Waals surface area contributed by atoms with Gasteiger partial charge in [-0.2, -0.15) is 5.26 Å². The minimum atomic E-state index is -0.359. The first-order valence-electron chi connectivity index (χ1n) is 4.29. The van der Waals surface area contributed by atoms with E-state index < -0.39 is 0 Å². The van der Waals surface area contributed by atoms with E-state index in [1.807, 2.05) is 6.92 Å². The fourth-order valence-electron chi connectivity index (χ4n) is 1.54. The number of nitriles is 1. The van der Waals surface area contributed by atoms with Crippen LogP contribution in [0.2, 0.25) is 0 Å². The highest BCUT2D eigenvalue weighted by atomic mass is 32.1. The summed E-state index contributed by atoms with van der Waals surface area (Å²) in [6, 6.07) is 5.60. The van der Waals surface area contributed by atoms with Gasteiger partial charge in [0.15, 0.2) is 0 Å². The van der Waals surface area contributed by atoms with E-state index in [9.17, 15) is 4.79 Å². The average Bonchev–Trinajstić information content (AvgIpc) is 2.14. The summed E-state index contributed by atoms with van der Waals surface area (Å²) in [4.78, 5) is 16.2. The molecule has 15 heavy (non-hydrogen) atoms. The van der Waals surface area contributed by atoms with Crippen LogP contribution in [0.25, 0.3) is 10.9 Å². The summed E-state index contributed by atoms with van der Waals surface area (Å²) < 4.78 is 0.297. The third-order valence-corrected chi connectivity index (χ3v) is 2.41. The van der Waals surface area contributed by atoms with E-state index in [1.165, 1.54) is 0 Å². The molecule has 2 rings (SSSR count). The molecule has 0 saturated carbocycles. The summed E-state index contributed by atoms with van der Waals surface area (Å²) in [6.07, 6.45) is 0. The van der Waals surface area contributed by atoms with Crippen LogP contribution in [-0.4, -0.2) is 9.97 Å². The van der Waals surface area contributed by atoms with Gasteiger partial charge in [-0.15, -0.1) is 0 Å². The molecule has 0 aliphatic heterocycles. The van der Waals surface area contributed by atoms with Gasteiger partial charge in [0, 0.05) is 0 Å². The predicted octanol–water partition coefficient (Wildman–Crippen LogP) is 1.77. The van der Waals surface area contributed by atoms with Gasteiger partial charge in [-0.1, -0.05) is 12.2 Å². The smallest absolute Gasteiger partial charge is 0.307 e. The Morgan fingerprint density at radius 1 is 1.40 bits per heavy atom. The quantitative estimate of drug-likeness (QED) is 0.660. The molecule has 4 nitrogen and oxygen atoms in total. The zero-order chi connectivity index (χ0) is 11.0. The number of aromatic nitrogens is 2. The molecule has 0 bridgehead atoms. The van der Waals surface area contributed by atoms with Crippen molar-refractivity contribution in [2.24, 2.45) is 0 Å². The van der Waals surface area contributed by atoms with Crippen LogP contribution < -0.4 is 5.69 Å². The maximum Gasteiger partial charge on any atom is 0.324 e. The molecule has 2 N–H and O–H groups in total. The lowest BCUT2D eigenvalue weighted by Crippen LogP contribution is -2.10. The summed E-state index contributed by atoms with van der Waals surface area (Å²) in [7, 11) is 0. The van der Waals surface area contributed by atoms with E-state index in [2.05, 4.69) is 16.0 Å². The minimum absolute atomic E-state index is 0.297. The van der Waals surface area contributed by atoms with Crippen LogP contribution in [0, 0.1) is 22.9 Å². The first-order valence-corrected chi connectivity index (χ1v) is 4.69. The second-order valence-electron chi connectivity index (χ2n) is 3.26. The van der Waals surface area contributed by atoms with Gasteiger partial charge < -0.3 is 4.98 Å². The maximum atomic E-state index is 11.2. The summed E-state index contributed by atoms with van der Waals surface area (Å²) in [5, 5.41) is 9.55. The number of fused-ring (bicyclic) bond motifs is 1. The van der Waals surface area contributed by atoms with Crippen LogP contribution in [0.3, 0.4) is 0 Å². The molecule has 0 spiro atoms. The molecule has 1 heterocycles. The largest absolute Gasteiger partial charge is 0.324 e. The fourth-order valence-corrected chi connectivity index (χ4v) is 1.85. The van der Waals surface area contributed by atoms with E-state index >= 15 is 0 Å². The molecule has 0 saturated heterocycles. The number of rotatable bonds is 0. The average molecular weight is 217 g/mol. The van der Waals surface area contributed by atoms with Crippen LogP contribution in [0.15, 0.2) is 16.9 Å². The van der Waals surface area contributed by atoms with E-state index in [1.54, 1.807) is 12.1 Å². The molecular weight excluding hydrogens is 210 g/mol. The Hall–Kier alpha value is -1.93. The van der Waals surface area contributed by atoms with Crippen molar-refractivity contribution in [3.05, 3.63) is 38.4 Å². The van der Waals surface area contributed by atoms with Gasteiger partial charge in [0.1, 0.15) is 4.64 Å². The third kappa shape index (κ3) is 1.55. The minimum Gasteiger partial charge on any atom is -0.307 e. The van der Waals surface area contributed by atoms with Gasteiger partial charge in [0.2, 0.25) is 0 Å². The molecule has 5 heteroatoms. The first-order chi connectivity index (χ1) is 7.11. The van der Waals surface area contributed by atoms with Crippen molar-refractivity contribution >= 4 is 23.1 Å². The van der Waals surface area contributed by atoms with Crippen LogP contribution in [0.4, 0.5) is 0 Å². The highest BCUT2D eigenvalue weighted by molar-refractivity contribution is 7.71. The first kappa shape index (κ1) is 9.62. The molecule has 1 aromatic carbocycles. The van der Waals surface area contributed by atoms with E-state index in [-0.39, 0.29) is 5.69 Å². The van der Waals surface area contributed by atoms with Crippen molar-refractivity contribution in [2.75, 3.05) is 0 Å². The summed E-state index contributed by atoms with van der Waals surface area (Å²) in [6.45, 7) is 1.86. The molecule has 0 aliphatic carbocycles. The molecule has 0 unspecified atom stereocenters. The van der Waals surface area contributed by atoms with Gasteiger partial charge in [0.25, 0.3) is 0 Å². The lowest BCUT2D eigenvalue weighted by atomic mass is 10.1. The third-order valence-electron chi connectivity index (χ3n) is 2.11. The molecule has 1 aromatic heterocycles. The van der Waals surface area contributed by atoms with Crippen molar-refractivity contribution in [3.8, 4) is 6.07 Å². The Morgan fingerprint density at radius 2 is 2.13 bits per heavy atom. The van der Waals surface area contributed by atoms with Gasteiger partial charge in [-0.3, -0.25) is 4.98 Å². The number of nitrogens with one attached hydrogen (secondary N) is 2. The SMILES string of the molecule is Cc1cc(C#N)c2c(=S)[nH]c(=O)[nH]c2c1. The monoisotopic (exact) mass is 217 g/mol. The standard InChI is InChI=1S/C10H7N3OS/c1-5-2-6(4-11)8-7(3-5)12-10(14)13-9(8)15/h2-3H,1H3,(H2,12,13,14,15). The Labute approximate surface area is 90.2 Å². The van der Waals surface area contributed by atoms with Crippen LogP contribution in [-0.2, 0) is 0 Å². The van der Waals surface area contributed by atoms with E-state index in [0.29, 0.717) is 21.1 Å². The number of hydrogen-bond donors (Lipinski definition) is 2. The Kier molecular flexibility index (Phi) is 2.14. The topological polar surface area (TPSA) is 72.4 Å². The molecule has 0 atom stereocenters. The predicted molar refractivity (Wildman–Crippen MR) is 59.2 cm³/mol. The molecule has 74 valence electrons. The molecule has 0 aliphatic rings. The van der Waals surface area contributed by atoms with E-state index in [0.717, 1.165) is 5.56 Å². The fraction of sp³-hybridized carbons (Fsp3) is 0.100. The van der Waals surface area contributed by atoms with Crippen LogP contribution in [0.5, 0.6) is 0 Å². The van der Waals surface area contributed by atoms with Gasteiger partial charge in [-0.05, 0) is 24.6 Å². The van der Waals surface area contributed by atoms with Crippen molar-refractivity contribution < 1.29 is 0 Å². The Morgan fingerprint density at radius 3 is 2.80 bits per heavy atom. The number of aryl methyl sites for hydroxylation is 1. The molecular formula is C10H7N3OS.